The van der Waals surface area contributed by atoms with Gasteiger partial charge >= 0.3 is 5.97 Å². The first-order chi connectivity index (χ1) is 9.36. The molecule has 7 heteroatoms. The van der Waals surface area contributed by atoms with E-state index in [2.05, 4.69) is 15.4 Å². The number of hydrogen-bond donors (Lipinski definition) is 3. The molecule has 0 aromatic carbocycles. The lowest BCUT2D eigenvalue weighted by atomic mass is 10.3. The number of carbonyl (C=O) groups excluding carboxylic acids is 1. The van der Waals surface area contributed by atoms with Crippen LogP contribution < -0.4 is 5.32 Å². The number of nitrogens with one attached hydrogen (secondary N) is 2. The maximum Gasteiger partial charge on any atom is 0.354 e. The Balaban J connectivity index is 2.12. The van der Waals surface area contributed by atoms with Crippen molar-refractivity contribution in [2.24, 2.45) is 0 Å². The van der Waals surface area contributed by atoms with Gasteiger partial charge in [-0.25, -0.2) is 4.79 Å². The van der Waals surface area contributed by atoms with Crippen LogP contribution in [0.3, 0.4) is 0 Å². The quantitative estimate of drug-likeness (QED) is 0.787. The van der Waals surface area contributed by atoms with Crippen molar-refractivity contribution in [3.05, 3.63) is 34.9 Å². The van der Waals surface area contributed by atoms with Crippen LogP contribution in [0.25, 0.3) is 0 Å². The molecule has 0 unspecified atom stereocenters. The standard InChI is InChI=1S/C13H16N4O3/c1-7-5-10(12(14-7)13(19)20)15-11(18)6-17-9(3)4-8(2)16-17/h4-5,14H,6H2,1-3H3,(H,15,18)(H,19,20). The number of anilines is 1. The van der Waals surface area contributed by atoms with Crippen molar-refractivity contribution in [1.29, 1.82) is 0 Å². The molecule has 2 aromatic rings. The summed E-state index contributed by atoms with van der Waals surface area (Å²) >= 11 is 0. The van der Waals surface area contributed by atoms with E-state index in [0.29, 0.717) is 5.69 Å². The van der Waals surface area contributed by atoms with Crippen molar-refractivity contribution in [2.75, 3.05) is 5.32 Å². The first-order valence-corrected chi connectivity index (χ1v) is 6.10. The molecule has 0 fully saturated rings. The minimum absolute atomic E-state index is 0.0239. The number of aromatic amines is 1. The zero-order valence-corrected chi connectivity index (χ0v) is 11.5. The summed E-state index contributed by atoms with van der Waals surface area (Å²) in [7, 11) is 0. The van der Waals surface area contributed by atoms with Crippen LogP contribution >= 0.6 is 0 Å². The number of carbonyl (C=O) groups is 2. The lowest BCUT2D eigenvalue weighted by molar-refractivity contribution is -0.116. The SMILES string of the molecule is Cc1cc(C)n(CC(=O)Nc2cc(C)[nH]c2C(=O)O)n1. The molecule has 0 atom stereocenters. The zero-order valence-electron chi connectivity index (χ0n) is 11.5. The molecular weight excluding hydrogens is 260 g/mol. The number of aromatic carboxylic acids is 1. The van der Waals surface area contributed by atoms with Gasteiger partial charge in [-0.2, -0.15) is 5.10 Å². The maximum atomic E-state index is 11.9. The van der Waals surface area contributed by atoms with Crippen LogP contribution in [-0.4, -0.2) is 31.7 Å². The molecule has 0 saturated carbocycles. The van der Waals surface area contributed by atoms with E-state index in [0.717, 1.165) is 11.4 Å². The van der Waals surface area contributed by atoms with Crippen LogP contribution in [0, 0.1) is 20.8 Å². The number of aryl methyl sites for hydroxylation is 3. The molecule has 3 N–H and O–H groups in total. The Bertz CT molecular complexity index is 669. The topological polar surface area (TPSA) is 100 Å². The van der Waals surface area contributed by atoms with Gasteiger partial charge in [0.2, 0.25) is 5.91 Å². The van der Waals surface area contributed by atoms with Crippen LogP contribution in [0.4, 0.5) is 5.69 Å². The third kappa shape index (κ3) is 2.87. The number of carboxylic acids is 1. The largest absolute Gasteiger partial charge is 0.477 e. The summed E-state index contributed by atoms with van der Waals surface area (Å²) < 4.78 is 1.57. The van der Waals surface area contributed by atoms with E-state index in [4.69, 9.17) is 5.11 Å². The summed E-state index contributed by atoms with van der Waals surface area (Å²) in [6.45, 7) is 5.47. The van der Waals surface area contributed by atoms with Gasteiger partial charge in [-0.05, 0) is 32.9 Å². The van der Waals surface area contributed by atoms with E-state index in [1.807, 2.05) is 19.9 Å². The fourth-order valence-corrected chi connectivity index (χ4v) is 2.02. The zero-order chi connectivity index (χ0) is 14.9. The van der Waals surface area contributed by atoms with Crippen molar-refractivity contribution in [3.8, 4) is 0 Å². The highest BCUT2D eigenvalue weighted by atomic mass is 16.4. The normalized spacial score (nSPS) is 10.6. The lowest BCUT2D eigenvalue weighted by Crippen LogP contribution is -2.21. The maximum absolute atomic E-state index is 11.9. The number of hydrogen-bond acceptors (Lipinski definition) is 3. The second-order valence-corrected chi connectivity index (χ2v) is 4.68. The first kappa shape index (κ1) is 13.9. The third-order valence-electron chi connectivity index (χ3n) is 2.84. The number of carboxylic acid groups (broad SMARTS) is 1. The Morgan fingerprint density at radius 2 is 2.05 bits per heavy atom. The molecule has 1 amide bonds. The van der Waals surface area contributed by atoms with Crippen molar-refractivity contribution in [3.63, 3.8) is 0 Å². The number of rotatable bonds is 4. The molecule has 0 aliphatic carbocycles. The molecule has 2 aromatic heterocycles. The Morgan fingerprint density at radius 1 is 1.35 bits per heavy atom. The molecule has 0 aliphatic heterocycles. The molecule has 20 heavy (non-hydrogen) atoms. The summed E-state index contributed by atoms with van der Waals surface area (Å²) in [4.78, 5) is 25.7. The van der Waals surface area contributed by atoms with Gasteiger partial charge < -0.3 is 15.4 Å². The van der Waals surface area contributed by atoms with Crippen LogP contribution in [0.1, 0.15) is 27.6 Å². The molecule has 0 spiro atoms. The summed E-state index contributed by atoms with van der Waals surface area (Å²) in [6.07, 6.45) is 0. The summed E-state index contributed by atoms with van der Waals surface area (Å²) in [6, 6.07) is 3.46. The van der Waals surface area contributed by atoms with E-state index in [9.17, 15) is 9.59 Å². The monoisotopic (exact) mass is 276 g/mol. The van der Waals surface area contributed by atoms with E-state index in [1.165, 1.54) is 0 Å². The third-order valence-corrected chi connectivity index (χ3v) is 2.84. The van der Waals surface area contributed by atoms with Crippen molar-refractivity contribution in [2.45, 2.75) is 27.3 Å². The molecule has 0 aliphatic rings. The highest BCUT2D eigenvalue weighted by molar-refractivity contribution is 5.99. The predicted molar refractivity (Wildman–Crippen MR) is 72.8 cm³/mol. The Kier molecular flexibility index (Phi) is 3.60. The molecule has 7 nitrogen and oxygen atoms in total. The number of H-pyrrole nitrogens is 1. The van der Waals surface area contributed by atoms with Crippen LogP contribution in [-0.2, 0) is 11.3 Å². The molecular formula is C13H16N4O3. The minimum Gasteiger partial charge on any atom is -0.477 e. The molecule has 2 heterocycles. The predicted octanol–water partition coefficient (Wildman–Crippen LogP) is 1.47. The molecule has 106 valence electrons. The van der Waals surface area contributed by atoms with Crippen LogP contribution in [0.15, 0.2) is 12.1 Å². The highest BCUT2D eigenvalue weighted by Crippen LogP contribution is 2.17. The Labute approximate surface area is 115 Å². The van der Waals surface area contributed by atoms with Crippen LogP contribution in [0.2, 0.25) is 0 Å². The second-order valence-electron chi connectivity index (χ2n) is 4.68. The summed E-state index contributed by atoms with van der Waals surface area (Å²) in [5.41, 5.74) is 2.62. The van der Waals surface area contributed by atoms with Gasteiger partial charge in [0, 0.05) is 11.4 Å². The minimum atomic E-state index is -1.11. The first-order valence-electron chi connectivity index (χ1n) is 6.10. The van der Waals surface area contributed by atoms with E-state index < -0.39 is 5.97 Å². The molecule has 0 bridgehead atoms. The Morgan fingerprint density at radius 3 is 2.60 bits per heavy atom. The number of amides is 1. The molecule has 2 rings (SSSR count). The lowest BCUT2D eigenvalue weighted by Gasteiger charge is -2.06. The van der Waals surface area contributed by atoms with Gasteiger partial charge in [-0.15, -0.1) is 0 Å². The average Bonchev–Trinajstić information content (AvgIpc) is 2.82. The second kappa shape index (κ2) is 5.20. The van der Waals surface area contributed by atoms with Gasteiger partial charge in [-0.1, -0.05) is 0 Å². The van der Waals surface area contributed by atoms with Crippen molar-refractivity contribution in [1.82, 2.24) is 14.8 Å². The fraction of sp³-hybridized carbons (Fsp3) is 0.308. The fourth-order valence-electron chi connectivity index (χ4n) is 2.02. The average molecular weight is 276 g/mol. The molecule has 0 radical (unpaired) electrons. The summed E-state index contributed by atoms with van der Waals surface area (Å²) in [5, 5.41) is 15.8. The smallest absolute Gasteiger partial charge is 0.354 e. The van der Waals surface area contributed by atoms with E-state index >= 15 is 0 Å². The van der Waals surface area contributed by atoms with Gasteiger partial charge in [0.05, 0.1) is 11.4 Å². The van der Waals surface area contributed by atoms with E-state index in [1.54, 1.807) is 17.7 Å². The van der Waals surface area contributed by atoms with Crippen molar-refractivity contribution < 1.29 is 14.7 Å². The van der Waals surface area contributed by atoms with E-state index in [-0.39, 0.29) is 23.8 Å². The number of aromatic nitrogens is 3. The Hall–Kier alpha value is -2.57. The van der Waals surface area contributed by atoms with Crippen molar-refractivity contribution >= 4 is 17.6 Å². The van der Waals surface area contributed by atoms with Gasteiger partial charge in [0.1, 0.15) is 12.2 Å². The van der Waals surface area contributed by atoms with Gasteiger partial charge in [0.25, 0.3) is 0 Å². The van der Waals surface area contributed by atoms with Gasteiger partial charge in [-0.3, -0.25) is 9.48 Å². The number of nitrogens with zero attached hydrogens (tertiary/aromatic N) is 2. The van der Waals surface area contributed by atoms with Gasteiger partial charge in [0.15, 0.2) is 0 Å². The summed E-state index contributed by atoms with van der Waals surface area (Å²) in [5.74, 6) is -1.43. The highest BCUT2D eigenvalue weighted by Gasteiger charge is 2.16. The van der Waals surface area contributed by atoms with Crippen LogP contribution in [0.5, 0.6) is 0 Å². The molecule has 0 saturated heterocycles.